The normalized spacial score (nSPS) is 12.2. The van der Waals surface area contributed by atoms with Gasteiger partial charge in [-0.2, -0.15) is 0 Å². The number of nitrogens with zero attached hydrogens (tertiary/aromatic N) is 1. The van der Waals surface area contributed by atoms with E-state index in [1.165, 1.54) is 10.5 Å². The van der Waals surface area contributed by atoms with Crippen LogP contribution in [0.1, 0.15) is 25.0 Å². The van der Waals surface area contributed by atoms with Crippen molar-refractivity contribution in [1.82, 2.24) is 10.6 Å². The Hall–Kier alpha value is -1.29. The Bertz CT molecular complexity index is 731. The van der Waals surface area contributed by atoms with Crippen LogP contribution in [0.15, 0.2) is 64.5 Å². The second-order valence-corrected chi connectivity index (χ2v) is 8.13. The SMILES string of the molecule is CCOCCOCc1cccc(CNC(=NC)NCC(C)Sc2ccccc2)c1.I. The number of aliphatic imine (C=N–C) groups is 1. The lowest BCUT2D eigenvalue weighted by atomic mass is 10.1. The van der Waals surface area contributed by atoms with Crippen LogP contribution in [0.3, 0.4) is 0 Å². The summed E-state index contributed by atoms with van der Waals surface area (Å²) in [6, 6.07) is 18.9. The van der Waals surface area contributed by atoms with Crippen LogP contribution in [0.5, 0.6) is 0 Å². The first-order valence-corrected chi connectivity index (χ1v) is 11.0. The van der Waals surface area contributed by atoms with Gasteiger partial charge in [0.05, 0.1) is 19.8 Å². The van der Waals surface area contributed by atoms with E-state index in [0.717, 1.165) is 24.7 Å². The predicted molar refractivity (Wildman–Crippen MR) is 138 cm³/mol. The van der Waals surface area contributed by atoms with E-state index >= 15 is 0 Å². The molecule has 0 bridgehead atoms. The van der Waals surface area contributed by atoms with Gasteiger partial charge in [-0.15, -0.1) is 35.7 Å². The lowest BCUT2D eigenvalue weighted by Crippen LogP contribution is -2.39. The lowest BCUT2D eigenvalue weighted by molar-refractivity contribution is 0.0453. The highest BCUT2D eigenvalue weighted by atomic mass is 127. The molecule has 2 aromatic rings. The van der Waals surface area contributed by atoms with Crippen molar-refractivity contribution >= 4 is 41.7 Å². The van der Waals surface area contributed by atoms with Crippen LogP contribution in [0.2, 0.25) is 0 Å². The maximum Gasteiger partial charge on any atom is 0.191 e. The molecule has 0 saturated carbocycles. The number of nitrogens with one attached hydrogen (secondary N) is 2. The molecule has 5 nitrogen and oxygen atoms in total. The molecule has 0 fully saturated rings. The van der Waals surface area contributed by atoms with E-state index in [2.05, 4.69) is 71.1 Å². The van der Waals surface area contributed by atoms with E-state index in [4.69, 9.17) is 9.47 Å². The molecule has 2 rings (SSSR count). The van der Waals surface area contributed by atoms with Gasteiger partial charge in [-0.3, -0.25) is 4.99 Å². The highest BCUT2D eigenvalue weighted by Crippen LogP contribution is 2.21. The average Bonchev–Trinajstić information content (AvgIpc) is 2.75. The van der Waals surface area contributed by atoms with Gasteiger partial charge in [0.2, 0.25) is 0 Å². The summed E-state index contributed by atoms with van der Waals surface area (Å²) < 4.78 is 10.9. The Labute approximate surface area is 202 Å². The fourth-order valence-corrected chi connectivity index (χ4v) is 3.65. The van der Waals surface area contributed by atoms with Crippen LogP contribution in [0, 0.1) is 0 Å². The monoisotopic (exact) mass is 543 g/mol. The van der Waals surface area contributed by atoms with Crippen LogP contribution < -0.4 is 10.6 Å². The molecule has 0 aliphatic carbocycles. The quantitative estimate of drug-likeness (QED) is 0.134. The summed E-state index contributed by atoms with van der Waals surface area (Å²) in [4.78, 5) is 5.61. The van der Waals surface area contributed by atoms with Gasteiger partial charge in [-0.05, 0) is 30.2 Å². The molecular weight excluding hydrogens is 509 g/mol. The molecule has 30 heavy (non-hydrogen) atoms. The van der Waals surface area contributed by atoms with E-state index in [1.807, 2.05) is 24.8 Å². The zero-order valence-electron chi connectivity index (χ0n) is 18.1. The number of benzene rings is 2. The molecular formula is C23H34IN3O2S. The van der Waals surface area contributed by atoms with Gasteiger partial charge in [-0.25, -0.2) is 0 Å². The summed E-state index contributed by atoms with van der Waals surface area (Å²) in [7, 11) is 1.80. The van der Waals surface area contributed by atoms with Crippen LogP contribution in [0.25, 0.3) is 0 Å². The van der Waals surface area contributed by atoms with E-state index in [9.17, 15) is 0 Å². The molecule has 0 aliphatic heterocycles. The molecule has 0 saturated heterocycles. The molecule has 0 aliphatic rings. The van der Waals surface area contributed by atoms with Gasteiger partial charge in [0, 0.05) is 36.9 Å². The fourth-order valence-electron chi connectivity index (χ4n) is 2.70. The molecule has 0 amide bonds. The number of hydrogen-bond acceptors (Lipinski definition) is 4. The molecule has 2 aromatic carbocycles. The molecule has 7 heteroatoms. The second-order valence-electron chi connectivity index (χ2n) is 6.62. The maximum absolute atomic E-state index is 5.65. The average molecular weight is 544 g/mol. The summed E-state index contributed by atoms with van der Waals surface area (Å²) >= 11 is 1.86. The first kappa shape index (κ1) is 26.7. The Morgan fingerprint density at radius 3 is 2.47 bits per heavy atom. The third-order valence-corrected chi connectivity index (χ3v) is 5.27. The minimum atomic E-state index is 0. The molecule has 1 unspecified atom stereocenters. The van der Waals surface area contributed by atoms with Gasteiger partial charge in [0.25, 0.3) is 0 Å². The van der Waals surface area contributed by atoms with Crippen LogP contribution in [0.4, 0.5) is 0 Å². The lowest BCUT2D eigenvalue weighted by Gasteiger charge is -2.16. The van der Waals surface area contributed by atoms with Crippen molar-refractivity contribution in [3.63, 3.8) is 0 Å². The van der Waals surface area contributed by atoms with Crippen molar-refractivity contribution in [2.75, 3.05) is 33.4 Å². The van der Waals surface area contributed by atoms with Gasteiger partial charge in [0.15, 0.2) is 5.96 Å². The topological polar surface area (TPSA) is 54.9 Å². The second kappa shape index (κ2) is 16.4. The van der Waals surface area contributed by atoms with Gasteiger partial charge in [-0.1, -0.05) is 49.4 Å². The summed E-state index contributed by atoms with van der Waals surface area (Å²) in [6.07, 6.45) is 0. The molecule has 0 radical (unpaired) electrons. The van der Waals surface area contributed by atoms with E-state index in [1.54, 1.807) is 7.05 Å². The van der Waals surface area contributed by atoms with Crippen molar-refractivity contribution in [3.05, 3.63) is 65.7 Å². The summed E-state index contributed by atoms with van der Waals surface area (Å²) in [5.41, 5.74) is 2.36. The predicted octanol–water partition coefficient (Wildman–Crippen LogP) is 4.70. The smallest absolute Gasteiger partial charge is 0.191 e. The summed E-state index contributed by atoms with van der Waals surface area (Å²) in [5.74, 6) is 0.809. The van der Waals surface area contributed by atoms with E-state index in [0.29, 0.717) is 31.6 Å². The number of guanidine groups is 1. The largest absolute Gasteiger partial charge is 0.379 e. The summed E-state index contributed by atoms with van der Waals surface area (Å²) in [5, 5.41) is 7.23. The van der Waals surface area contributed by atoms with Crippen molar-refractivity contribution in [2.24, 2.45) is 4.99 Å². The number of hydrogen-bond donors (Lipinski definition) is 2. The van der Waals surface area contributed by atoms with E-state index < -0.39 is 0 Å². The third-order valence-electron chi connectivity index (χ3n) is 4.16. The number of ether oxygens (including phenoxy) is 2. The minimum absolute atomic E-state index is 0. The molecule has 2 N–H and O–H groups in total. The van der Waals surface area contributed by atoms with Crippen LogP contribution in [-0.2, 0) is 22.6 Å². The van der Waals surface area contributed by atoms with Crippen LogP contribution >= 0.6 is 35.7 Å². The Morgan fingerprint density at radius 1 is 1.00 bits per heavy atom. The van der Waals surface area contributed by atoms with Gasteiger partial charge < -0.3 is 20.1 Å². The Morgan fingerprint density at radius 2 is 1.73 bits per heavy atom. The van der Waals surface area contributed by atoms with Crippen molar-refractivity contribution in [1.29, 1.82) is 0 Å². The zero-order chi connectivity index (χ0) is 20.7. The Kier molecular flexibility index (Phi) is 14.6. The number of rotatable bonds is 12. The van der Waals surface area contributed by atoms with E-state index in [-0.39, 0.29) is 24.0 Å². The minimum Gasteiger partial charge on any atom is -0.379 e. The van der Waals surface area contributed by atoms with Crippen molar-refractivity contribution in [3.8, 4) is 0 Å². The highest BCUT2D eigenvalue weighted by molar-refractivity contribution is 14.0. The first-order valence-electron chi connectivity index (χ1n) is 10.1. The highest BCUT2D eigenvalue weighted by Gasteiger charge is 2.06. The fraction of sp³-hybridized carbons (Fsp3) is 0.435. The molecule has 0 spiro atoms. The standard InChI is InChI=1S/C23H33N3O2S.HI/c1-4-27-13-14-28-18-21-10-8-9-20(15-21)17-26-23(24-3)25-16-19(2)29-22-11-6-5-7-12-22;/h5-12,15,19H,4,13-14,16-18H2,1-3H3,(H2,24,25,26);1H. The summed E-state index contributed by atoms with van der Waals surface area (Å²) in [6.45, 7) is 8.34. The number of halogens is 1. The van der Waals surface area contributed by atoms with Crippen molar-refractivity contribution < 1.29 is 9.47 Å². The Balaban J connectivity index is 0.00000450. The molecule has 1 atom stereocenters. The first-order chi connectivity index (χ1) is 14.2. The molecule has 0 aromatic heterocycles. The van der Waals surface area contributed by atoms with Gasteiger partial charge >= 0.3 is 0 Å². The zero-order valence-corrected chi connectivity index (χ0v) is 21.2. The molecule has 166 valence electrons. The van der Waals surface area contributed by atoms with Crippen LogP contribution in [-0.4, -0.2) is 44.6 Å². The molecule has 0 heterocycles. The number of thioether (sulfide) groups is 1. The maximum atomic E-state index is 5.65. The van der Waals surface area contributed by atoms with Gasteiger partial charge in [0.1, 0.15) is 0 Å². The third kappa shape index (κ3) is 11.2. The van der Waals surface area contributed by atoms with Crippen molar-refractivity contribution in [2.45, 2.75) is 37.1 Å².